The lowest BCUT2D eigenvalue weighted by Gasteiger charge is -2.05. The van der Waals surface area contributed by atoms with E-state index in [-0.39, 0.29) is 11.1 Å². The second-order valence-corrected chi connectivity index (χ2v) is 6.65. The average molecular weight is 410 g/mol. The molecule has 0 spiro atoms. The van der Waals surface area contributed by atoms with Crippen LogP contribution in [0, 0.1) is 0 Å². The summed E-state index contributed by atoms with van der Waals surface area (Å²) in [7, 11) is 0. The van der Waals surface area contributed by atoms with Gasteiger partial charge in [-0.05, 0) is 36.4 Å². The van der Waals surface area contributed by atoms with E-state index in [1.807, 2.05) is 60.7 Å². The number of benzene rings is 1. The van der Waals surface area contributed by atoms with Crippen LogP contribution in [0.15, 0.2) is 96.1 Å². The predicted octanol–water partition coefficient (Wildman–Crippen LogP) is 4.37. The smallest absolute Gasteiger partial charge is 0.352 e. The van der Waals surface area contributed by atoms with E-state index in [1.54, 1.807) is 18.5 Å². The summed E-state index contributed by atoms with van der Waals surface area (Å²) < 4.78 is 0. The van der Waals surface area contributed by atoms with Crippen molar-refractivity contribution in [3.63, 3.8) is 0 Å². The van der Waals surface area contributed by atoms with Crippen molar-refractivity contribution < 1.29 is 9.90 Å². The molecule has 7 nitrogen and oxygen atoms in total. The van der Waals surface area contributed by atoms with Crippen LogP contribution in [0.4, 0.5) is 0 Å². The van der Waals surface area contributed by atoms with Crippen LogP contribution < -0.4 is 5.43 Å². The zero-order valence-corrected chi connectivity index (χ0v) is 16.3. The standard InChI is InChI=1S/C15H11N3O.C9H7NO2/c19-11-9-14(12-5-1-3-7-16-12)18-15(10-11)13-6-2-4-8-17-13;11-9(12)8-5-6-3-1-2-4-7(6)10-8/h1-10H,(H,18,19);1-5,10H,(H,11,12). The Labute approximate surface area is 177 Å². The quantitative estimate of drug-likeness (QED) is 0.409. The molecule has 0 aliphatic heterocycles. The normalized spacial score (nSPS) is 10.3. The number of aromatic amines is 2. The number of aromatic nitrogens is 4. The Morgan fingerprint density at radius 1 is 0.742 bits per heavy atom. The molecule has 0 unspecified atom stereocenters. The lowest BCUT2D eigenvalue weighted by molar-refractivity contribution is 0.0691. The highest BCUT2D eigenvalue weighted by Gasteiger charge is 2.06. The number of carboxylic acid groups (broad SMARTS) is 1. The number of nitrogens with one attached hydrogen (secondary N) is 2. The Balaban J connectivity index is 0.000000166. The number of hydrogen-bond donors (Lipinski definition) is 3. The van der Waals surface area contributed by atoms with Crippen molar-refractivity contribution in [2.75, 3.05) is 0 Å². The molecule has 5 aromatic rings. The van der Waals surface area contributed by atoms with E-state index in [4.69, 9.17) is 5.11 Å². The number of carbonyl (C=O) groups is 1. The van der Waals surface area contributed by atoms with Gasteiger partial charge in [-0.2, -0.15) is 0 Å². The zero-order valence-electron chi connectivity index (χ0n) is 16.3. The van der Waals surface area contributed by atoms with Crippen LogP contribution in [0.2, 0.25) is 0 Å². The number of nitrogens with zero attached hydrogens (tertiary/aromatic N) is 2. The third-order valence-corrected chi connectivity index (χ3v) is 4.48. The molecule has 4 aromatic heterocycles. The SMILES string of the molecule is O=C(O)c1cc2ccccc2[nH]1.O=c1cc(-c2ccccn2)[nH]c(-c2ccccn2)c1. The van der Waals surface area contributed by atoms with Crippen LogP contribution in [0.5, 0.6) is 0 Å². The van der Waals surface area contributed by atoms with Crippen molar-refractivity contribution in [3.05, 3.63) is 107 Å². The third-order valence-electron chi connectivity index (χ3n) is 4.48. The van der Waals surface area contributed by atoms with E-state index in [0.29, 0.717) is 11.4 Å². The minimum absolute atomic E-state index is 0.0694. The molecule has 152 valence electrons. The van der Waals surface area contributed by atoms with E-state index in [9.17, 15) is 9.59 Å². The highest BCUT2D eigenvalue weighted by Crippen LogP contribution is 2.17. The van der Waals surface area contributed by atoms with Gasteiger partial charge in [-0.3, -0.25) is 14.8 Å². The van der Waals surface area contributed by atoms with Gasteiger partial charge < -0.3 is 15.1 Å². The number of para-hydroxylation sites is 1. The van der Waals surface area contributed by atoms with Crippen LogP contribution in [0.3, 0.4) is 0 Å². The molecule has 1 aromatic carbocycles. The van der Waals surface area contributed by atoms with Crippen molar-refractivity contribution in [2.45, 2.75) is 0 Å². The summed E-state index contributed by atoms with van der Waals surface area (Å²) in [6, 6.07) is 23.3. The molecular formula is C24H18N4O3. The molecule has 0 aliphatic carbocycles. The van der Waals surface area contributed by atoms with Gasteiger partial charge >= 0.3 is 5.97 Å². The molecule has 3 N–H and O–H groups in total. The molecule has 0 saturated heterocycles. The molecule has 31 heavy (non-hydrogen) atoms. The fourth-order valence-electron chi connectivity index (χ4n) is 3.05. The summed E-state index contributed by atoms with van der Waals surface area (Å²) in [5.74, 6) is -0.925. The van der Waals surface area contributed by atoms with E-state index in [0.717, 1.165) is 22.3 Å². The number of fused-ring (bicyclic) bond motifs is 1. The summed E-state index contributed by atoms with van der Waals surface area (Å²) in [5.41, 5.74) is 3.86. The van der Waals surface area contributed by atoms with Crippen LogP contribution in [-0.2, 0) is 0 Å². The minimum atomic E-state index is -0.925. The van der Waals surface area contributed by atoms with Crippen molar-refractivity contribution >= 4 is 16.9 Å². The first-order valence-corrected chi connectivity index (χ1v) is 9.48. The summed E-state index contributed by atoms with van der Waals surface area (Å²) in [6.45, 7) is 0. The number of hydrogen-bond acceptors (Lipinski definition) is 4. The van der Waals surface area contributed by atoms with Crippen molar-refractivity contribution in [3.8, 4) is 22.8 Å². The highest BCUT2D eigenvalue weighted by atomic mass is 16.4. The fourth-order valence-corrected chi connectivity index (χ4v) is 3.05. The number of carboxylic acids is 1. The van der Waals surface area contributed by atoms with Crippen LogP contribution in [-0.4, -0.2) is 31.0 Å². The van der Waals surface area contributed by atoms with Crippen molar-refractivity contribution in [1.29, 1.82) is 0 Å². The van der Waals surface area contributed by atoms with Crippen LogP contribution >= 0.6 is 0 Å². The third kappa shape index (κ3) is 4.73. The molecule has 0 aliphatic rings. The van der Waals surface area contributed by atoms with Crippen LogP contribution in [0.25, 0.3) is 33.7 Å². The summed E-state index contributed by atoms with van der Waals surface area (Å²) in [5, 5.41) is 9.58. The Bertz CT molecular complexity index is 1280. The Morgan fingerprint density at radius 3 is 1.84 bits per heavy atom. The lowest BCUT2D eigenvalue weighted by atomic mass is 10.2. The summed E-state index contributed by atoms with van der Waals surface area (Å²) in [6.07, 6.45) is 3.39. The first-order valence-electron chi connectivity index (χ1n) is 9.48. The Morgan fingerprint density at radius 2 is 1.32 bits per heavy atom. The van der Waals surface area contributed by atoms with E-state index < -0.39 is 5.97 Å². The molecule has 4 heterocycles. The van der Waals surface area contributed by atoms with Gasteiger partial charge in [0.2, 0.25) is 0 Å². The van der Waals surface area contributed by atoms with Crippen molar-refractivity contribution in [2.24, 2.45) is 0 Å². The van der Waals surface area contributed by atoms with Gasteiger partial charge in [0.05, 0.1) is 22.8 Å². The van der Waals surface area contributed by atoms with Gasteiger partial charge in [-0.15, -0.1) is 0 Å². The van der Waals surface area contributed by atoms with E-state index in [1.165, 1.54) is 12.1 Å². The molecule has 5 rings (SSSR count). The van der Waals surface area contributed by atoms with Gasteiger partial charge in [-0.25, -0.2) is 4.79 Å². The molecule has 0 saturated carbocycles. The Hall–Kier alpha value is -4.52. The molecule has 0 amide bonds. The van der Waals surface area contributed by atoms with Crippen molar-refractivity contribution in [1.82, 2.24) is 19.9 Å². The van der Waals surface area contributed by atoms with Gasteiger partial charge in [0.25, 0.3) is 0 Å². The summed E-state index contributed by atoms with van der Waals surface area (Å²) in [4.78, 5) is 36.8. The van der Waals surface area contributed by atoms with Crippen LogP contribution in [0.1, 0.15) is 10.5 Å². The van der Waals surface area contributed by atoms with E-state index >= 15 is 0 Å². The maximum absolute atomic E-state index is 11.8. The molecule has 0 fully saturated rings. The average Bonchev–Trinajstić information content (AvgIpc) is 3.25. The number of aromatic carboxylic acids is 1. The topological polar surface area (TPSA) is 112 Å². The van der Waals surface area contributed by atoms with Gasteiger partial charge in [-0.1, -0.05) is 30.3 Å². The second kappa shape index (κ2) is 8.87. The van der Waals surface area contributed by atoms with Gasteiger partial charge in [0, 0.05) is 35.4 Å². The minimum Gasteiger partial charge on any atom is -0.477 e. The Kier molecular flexibility index (Phi) is 5.66. The van der Waals surface area contributed by atoms with E-state index in [2.05, 4.69) is 19.9 Å². The largest absolute Gasteiger partial charge is 0.477 e. The second-order valence-electron chi connectivity index (χ2n) is 6.65. The predicted molar refractivity (Wildman–Crippen MR) is 119 cm³/mol. The monoisotopic (exact) mass is 410 g/mol. The first-order chi connectivity index (χ1) is 15.1. The molecule has 0 bridgehead atoms. The molecule has 0 radical (unpaired) electrons. The summed E-state index contributed by atoms with van der Waals surface area (Å²) >= 11 is 0. The lowest BCUT2D eigenvalue weighted by Crippen LogP contribution is -2.03. The van der Waals surface area contributed by atoms with Gasteiger partial charge in [0.15, 0.2) is 5.43 Å². The van der Waals surface area contributed by atoms with Gasteiger partial charge in [0.1, 0.15) is 5.69 Å². The fraction of sp³-hybridized carbons (Fsp3) is 0. The number of rotatable bonds is 3. The zero-order chi connectivity index (χ0) is 21.6. The maximum Gasteiger partial charge on any atom is 0.352 e. The molecular weight excluding hydrogens is 392 g/mol. The molecule has 0 atom stereocenters. The highest BCUT2D eigenvalue weighted by molar-refractivity contribution is 5.93. The maximum atomic E-state index is 11.8. The first kappa shape index (κ1) is 19.8. The molecule has 7 heteroatoms. The number of pyridine rings is 3. The number of H-pyrrole nitrogens is 2.